The second-order valence-corrected chi connectivity index (χ2v) is 9.11. The van der Waals surface area contributed by atoms with Crippen molar-refractivity contribution in [3.8, 4) is 22.6 Å². The number of carbonyl (C=O) groups is 1. The molecule has 1 atom stereocenters. The molecule has 174 valence electrons. The highest BCUT2D eigenvalue weighted by atomic mass is 16.5. The Bertz CT molecular complexity index is 1230. The van der Waals surface area contributed by atoms with Crippen LogP contribution in [0.15, 0.2) is 48.8 Å². The number of carbonyl (C=O) groups excluding carboxylic acids is 1. The molecule has 2 aliphatic rings. The number of fused-ring (bicyclic) bond motifs is 1. The van der Waals surface area contributed by atoms with Gasteiger partial charge >= 0.3 is 0 Å². The number of amides is 1. The van der Waals surface area contributed by atoms with Gasteiger partial charge in [-0.25, -0.2) is 4.85 Å². The topological polar surface area (TPSA) is 63.8 Å². The lowest BCUT2D eigenvalue weighted by Crippen LogP contribution is -2.40. The van der Waals surface area contributed by atoms with E-state index < -0.39 is 0 Å². The lowest BCUT2D eigenvalue weighted by Gasteiger charge is -2.36. The van der Waals surface area contributed by atoms with Crippen LogP contribution in [0, 0.1) is 6.57 Å². The van der Waals surface area contributed by atoms with Crippen molar-refractivity contribution in [1.29, 1.82) is 0 Å². The molecule has 2 aromatic carbocycles. The summed E-state index contributed by atoms with van der Waals surface area (Å²) in [6.07, 6.45) is 7.85. The molecule has 7 nitrogen and oxygen atoms in total. The number of aromatic nitrogens is 2. The monoisotopic (exact) mass is 455 g/mol. The van der Waals surface area contributed by atoms with E-state index in [0.717, 1.165) is 66.9 Å². The zero-order chi connectivity index (χ0) is 23.7. The molecule has 0 aliphatic carbocycles. The Morgan fingerprint density at radius 2 is 1.91 bits per heavy atom. The maximum Gasteiger partial charge on any atom is 0.224 e. The molecular formula is C27H29N5O2. The maximum absolute atomic E-state index is 12.5. The van der Waals surface area contributed by atoms with Crippen LogP contribution >= 0.6 is 0 Å². The van der Waals surface area contributed by atoms with Gasteiger partial charge in [-0.2, -0.15) is 5.10 Å². The number of anilines is 1. The van der Waals surface area contributed by atoms with Crippen LogP contribution < -0.4 is 15.0 Å². The first-order valence-electron chi connectivity index (χ1n) is 11.9. The van der Waals surface area contributed by atoms with Crippen molar-refractivity contribution in [2.24, 2.45) is 0 Å². The standard InChI is InChI=1S/C27H29N5O2/c1-18-4-9-25-26(32(18)19(2)33)11-10-24(27(25)34-23-7-5-21(28-3)6-8-23)20-16-30-31(17-20)22-12-14-29-15-13-22/h5-8,10-11,16-18,22,29H,4,9,12-15H2,1-2H3/t18-/m0/s1. The van der Waals surface area contributed by atoms with Gasteiger partial charge in [-0.1, -0.05) is 12.1 Å². The Balaban J connectivity index is 1.59. The van der Waals surface area contributed by atoms with E-state index in [1.54, 1.807) is 19.1 Å². The molecular weight excluding hydrogens is 426 g/mol. The molecule has 5 rings (SSSR count). The average Bonchev–Trinajstić information content (AvgIpc) is 3.35. The van der Waals surface area contributed by atoms with Gasteiger partial charge in [0.15, 0.2) is 5.69 Å². The van der Waals surface area contributed by atoms with Crippen molar-refractivity contribution >= 4 is 17.3 Å². The van der Waals surface area contributed by atoms with Crippen LogP contribution in [0.4, 0.5) is 11.4 Å². The van der Waals surface area contributed by atoms with E-state index in [1.807, 2.05) is 35.4 Å². The first-order valence-corrected chi connectivity index (χ1v) is 11.9. The number of nitrogens with one attached hydrogen (secondary N) is 1. The van der Waals surface area contributed by atoms with Crippen LogP contribution in [0.3, 0.4) is 0 Å². The van der Waals surface area contributed by atoms with Crippen molar-refractivity contribution in [2.45, 2.75) is 51.6 Å². The fourth-order valence-electron chi connectivity index (χ4n) is 5.08. The minimum absolute atomic E-state index is 0.0345. The van der Waals surface area contributed by atoms with Gasteiger partial charge in [0.1, 0.15) is 11.5 Å². The Morgan fingerprint density at radius 1 is 1.15 bits per heavy atom. The van der Waals surface area contributed by atoms with Gasteiger partial charge < -0.3 is 15.0 Å². The van der Waals surface area contributed by atoms with E-state index in [2.05, 4.69) is 33.1 Å². The second kappa shape index (κ2) is 9.32. The largest absolute Gasteiger partial charge is 0.456 e. The summed E-state index contributed by atoms with van der Waals surface area (Å²) in [6.45, 7) is 12.9. The summed E-state index contributed by atoms with van der Waals surface area (Å²) in [7, 11) is 0. The predicted octanol–water partition coefficient (Wildman–Crippen LogP) is 5.51. The number of hydrogen-bond acceptors (Lipinski definition) is 4. The summed E-state index contributed by atoms with van der Waals surface area (Å²) in [5.41, 5.74) is 4.49. The van der Waals surface area contributed by atoms with Crippen LogP contribution in [-0.2, 0) is 11.2 Å². The molecule has 3 heterocycles. The minimum atomic E-state index is 0.0345. The number of piperidine rings is 1. The van der Waals surface area contributed by atoms with Crippen LogP contribution in [0.1, 0.15) is 44.7 Å². The van der Waals surface area contributed by atoms with E-state index >= 15 is 0 Å². The van der Waals surface area contributed by atoms with E-state index in [-0.39, 0.29) is 11.9 Å². The summed E-state index contributed by atoms with van der Waals surface area (Å²) >= 11 is 0. The van der Waals surface area contributed by atoms with Gasteiger partial charge in [0.05, 0.1) is 24.5 Å². The summed E-state index contributed by atoms with van der Waals surface area (Å²) < 4.78 is 8.57. The van der Waals surface area contributed by atoms with Crippen LogP contribution in [0.2, 0.25) is 0 Å². The van der Waals surface area contributed by atoms with E-state index in [4.69, 9.17) is 11.3 Å². The molecule has 1 N–H and O–H groups in total. The van der Waals surface area contributed by atoms with Crippen LogP contribution in [0.5, 0.6) is 11.5 Å². The molecule has 0 spiro atoms. The van der Waals surface area contributed by atoms with Gasteiger partial charge in [0.2, 0.25) is 5.91 Å². The number of rotatable bonds is 4. The van der Waals surface area contributed by atoms with Crippen molar-refractivity contribution < 1.29 is 9.53 Å². The third-order valence-electron chi connectivity index (χ3n) is 6.87. The fourth-order valence-corrected chi connectivity index (χ4v) is 5.08. The molecule has 0 saturated carbocycles. The Hall–Kier alpha value is -3.63. The molecule has 7 heteroatoms. The van der Waals surface area contributed by atoms with Gasteiger partial charge in [-0.15, -0.1) is 0 Å². The van der Waals surface area contributed by atoms with Gasteiger partial charge in [0, 0.05) is 35.9 Å². The molecule has 1 saturated heterocycles. The second-order valence-electron chi connectivity index (χ2n) is 9.11. The first-order chi connectivity index (χ1) is 16.5. The summed E-state index contributed by atoms with van der Waals surface area (Å²) in [4.78, 5) is 17.8. The van der Waals surface area contributed by atoms with Gasteiger partial charge in [0.25, 0.3) is 0 Å². The van der Waals surface area contributed by atoms with E-state index in [9.17, 15) is 4.79 Å². The third kappa shape index (κ3) is 4.17. The van der Waals surface area contributed by atoms with Crippen molar-refractivity contribution in [3.63, 3.8) is 0 Å². The average molecular weight is 456 g/mol. The molecule has 3 aromatic rings. The van der Waals surface area contributed by atoms with Crippen LogP contribution in [0.25, 0.3) is 16.0 Å². The lowest BCUT2D eigenvalue weighted by molar-refractivity contribution is -0.117. The summed E-state index contributed by atoms with van der Waals surface area (Å²) in [5, 5.41) is 8.10. The first kappa shape index (κ1) is 22.2. The molecule has 0 radical (unpaired) electrons. The normalized spacial score (nSPS) is 18.3. The molecule has 1 aromatic heterocycles. The smallest absolute Gasteiger partial charge is 0.224 e. The molecule has 1 fully saturated rings. The highest BCUT2D eigenvalue weighted by Gasteiger charge is 2.30. The van der Waals surface area contributed by atoms with E-state index in [0.29, 0.717) is 17.5 Å². The molecule has 0 bridgehead atoms. The van der Waals surface area contributed by atoms with Crippen molar-refractivity contribution in [1.82, 2.24) is 15.1 Å². The maximum atomic E-state index is 12.5. The Morgan fingerprint density at radius 3 is 2.62 bits per heavy atom. The molecule has 1 amide bonds. The fraction of sp³-hybridized carbons (Fsp3) is 0.370. The number of benzene rings is 2. The zero-order valence-corrected chi connectivity index (χ0v) is 19.6. The SMILES string of the molecule is [C-]#[N+]c1ccc(Oc2c(-c3cnn(C4CCNCC4)c3)ccc3c2CC[C@H](C)N3C(C)=O)cc1. The predicted molar refractivity (Wildman–Crippen MR) is 133 cm³/mol. The zero-order valence-electron chi connectivity index (χ0n) is 19.6. The molecule has 2 aliphatic heterocycles. The Labute approximate surface area is 200 Å². The van der Waals surface area contributed by atoms with Crippen LogP contribution in [-0.4, -0.2) is 34.8 Å². The Kier molecular flexibility index (Phi) is 6.08. The highest BCUT2D eigenvalue weighted by Crippen LogP contribution is 2.45. The molecule has 0 unspecified atom stereocenters. The number of ether oxygens (including phenoxy) is 1. The van der Waals surface area contributed by atoms with Crippen molar-refractivity contribution in [3.05, 3.63) is 65.8 Å². The highest BCUT2D eigenvalue weighted by molar-refractivity contribution is 5.95. The van der Waals surface area contributed by atoms with Crippen molar-refractivity contribution in [2.75, 3.05) is 18.0 Å². The lowest BCUT2D eigenvalue weighted by atomic mass is 9.92. The summed E-state index contributed by atoms with van der Waals surface area (Å²) in [5.74, 6) is 1.46. The molecule has 34 heavy (non-hydrogen) atoms. The number of nitrogens with zero attached hydrogens (tertiary/aromatic N) is 4. The number of hydrogen-bond donors (Lipinski definition) is 1. The third-order valence-corrected chi connectivity index (χ3v) is 6.87. The van der Waals surface area contributed by atoms with Gasteiger partial charge in [-0.3, -0.25) is 9.48 Å². The summed E-state index contributed by atoms with van der Waals surface area (Å²) in [6, 6.07) is 11.8. The van der Waals surface area contributed by atoms with E-state index in [1.165, 1.54) is 0 Å². The minimum Gasteiger partial charge on any atom is -0.456 e. The van der Waals surface area contributed by atoms with Gasteiger partial charge in [-0.05, 0) is 70.0 Å². The quantitative estimate of drug-likeness (QED) is 0.527.